The molecule has 18 heavy (non-hydrogen) atoms. The molecule has 3 rings (SSSR count). The number of benzene rings is 2. The molecule has 0 saturated heterocycles. The molecular formula is C15H13BrO2. The average Bonchev–Trinajstić information content (AvgIpc) is 2.39. The van der Waals surface area contributed by atoms with E-state index in [-0.39, 0.29) is 6.10 Å². The van der Waals surface area contributed by atoms with Gasteiger partial charge in [-0.25, -0.2) is 0 Å². The van der Waals surface area contributed by atoms with Gasteiger partial charge in [-0.2, -0.15) is 0 Å². The minimum Gasteiger partial charge on any atom is -0.485 e. The highest BCUT2D eigenvalue weighted by Gasteiger charge is 2.27. The maximum Gasteiger partial charge on any atom is 0.127 e. The van der Waals surface area contributed by atoms with Crippen molar-refractivity contribution in [3.05, 3.63) is 64.1 Å². The molecule has 0 aliphatic carbocycles. The Balaban J connectivity index is 1.94. The molecular weight excluding hydrogens is 292 g/mol. The molecule has 2 nitrogen and oxygen atoms in total. The van der Waals surface area contributed by atoms with Gasteiger partial charge in [-0.3, -0.25) is 0 Å². The zero-order chi connectivity index (χ0) is 12.5. The molecule has 0 bridgehead atoms. The Labute approximate surface area is 114 Å². The maximum absolute atomic E-state index is 10.2. The lowest BCUT2D eigenvalue weighted by Gasteiger charge is -2.29. The predicted molar refractivity (Wildman–Crippen MR) is 73.5 cm³/mol. The smallest absolute Gasteiger partial charge is 0.127 e. The zero-order valence-electron chi connectivity index (χ0n) is 9.71. The van der Waals surface area contributed by atoms with Crippen LogP contribution >= 0.6 is 15.9 Å². The highest BCUT2D eigenvalue weighted by atomic mass is 79.9. The van der Waals surface area contributed by atoms with E-state index in [0.29, 0.717) is 6.42 Å². The van der Waals surface area contributed by atoms with Crippen LogP contribution in [0.5, 0.6) is 5.75 Å². The number of halogens is 1. The second-order valence-electron chi connectivity index (χ2n) is 4.45. The molecule has 1 unspecified atom stereocenters. The molecule has 3 heteroatoms. The summed E-state index contributed by atoms with van der Waals surface area (Å²) in [5.41, 5.74) is 1.96. The third-order valence-electron chi connectivity index (χ3n) is 3.21. The van der Waals surface area contributed by atoms with E-state index in [1.807, 2.05) is 48.5 Å². The van der Waals surface area contributed by atoms with E-state index in [4.69, 9.17) is 4.74 Å². The van der Waals surface area contributed by atoms with E-state index >= 15 is 0 Å². The van der Waals surface area contributed by atoms with Gasteiger partial charge in [0.05, 0.1) is 6.10 Å². The van der Waals surface area contributed by atoms with Crippen LogP contribution in [0, 0.1) is 0 Å². The van der Waals surface area contributed by atoms with Gasteiger partial charge < -0.3 is 9.84 Å². The molecule has 0 aromatic heterocycles. The number of aliphatic hydroxyl groups is 1. The first kappa shape index (κ1) is 11.8. The molecule has 1 aliphatic heterocycles. The van der Waals surface area contributed by atoms with Crippen molar-refractivity contribution in [1.29, 1.82) is 0 Å². The van der Waals surface area contributed by atoms with Crippen LogP contribution in [-0.4, -0.2) is 5.11 Å². The standard InChI is InChI=1S/C15H13BrO2/c16-11-5-3-4-10(8-11)15-9-13(17)12-6-1-2-7-14(12)18-15/h1-8,13,15,17H,9H2/t13-,15?/m1/s1. The zero-order valence-corrected chi connectivity index (χ0v) is 11.3. The monoisotopic (exact) mass is 304 g/mol. The van der Waals surface area contributed by atoms with Crippen LogP contribution in [0.15, 0.2) is 53.0 Å². The fourth-order valence-corrected chi connectivity index (χ4v) is 2.72. The predicted octanol–water partition coefficient (Wildman–Crippen LogP) is 4.01. The van der Waals surface area contributed by atoms with Crippen molar-refractivity contribution in [1.82, 2.24) is 0 Å². The van der Waals surface area contributed by atoms with Gasteiger partial charge >= 0.3 is 0 Å². The first-order valence-corrected chi connectivity index (χ1v) is 6.72. The van der Waals surface area contributed by atoms with Crippen LogP contribution in [0.25, 0.3) is 0 Å². The van der Waals surface area contributed by atoms with Crippen molar-refractivity contribution in [3.8, 4) is 5.75 Å². The summed E-state index contributed by atoms with van der Waals surface area (Å²) in [4.78, 5) is 0. The number of hydrogen-bond acceptors (Lipinski definition) is 2. The van der Waals surface area contributed by atoms with Gasteiger partial charge in [-0.15, -0.1) is 0 Å². The maximum atomic E-state index is 10.2. The molecule has 0 amide bonds. The minimum atomic E-state index is -0.459. The largest absolute Gasteiger partial charge is 0.485 e. The fourth-order valence-electron chi connectivity index (χ4n) is 2.31. The number of fused-ring (bicyclic) bond motifs is 1. The van der Waals surface area contributed by atoms with Crippen molar-refractivity contribution >= 4 is 15.9 Å². The van der Waals surface area contributed by atoms with E-state index in [2.05, 4.69) is 15.9 Å². The van der Waals surface area contributed by atoms with E-state index in [9.17, 15) is 5.11 Å². The molecule has 92 valence electrons. The SMILES string of the molecule is O[C@@H]1CC(c2cccc(Br)c2)Oc2ccccc21. The number of para-hydroxylation sites is 1. The quantitative estimate of drug-likeness (QED) is 0.862. The van der Waals surface area contributed by atoms with Crippen LogP contribution in [0.4, 0.5) is 0 Å². The topological polar surface area (TPSA) is 29.5 Å². The summed E-state index contributed by atoms with van der Waals surface area (Å²) < 4.78 is 6.99. The molecule has 0 radical (unpaired) electrons. The average molecular weight is 305 g/mol. The summed E-state index contributed by atoms with van der Waals surface area (Å²) >= 11 is 3.46. The lowest BCUT2D eigenvalue weighted by molar-refractivity contribution is 0.0657. The molecule has 2 aromatic carbocycles. The lowest BCUT2D eigenvalue weighted by atomic mass is 9.95. The van der Waals surface area contributed by atoms with Crippen molar-refractivity contribution in [3.63, 3.8) is 0 Å². The second kappa shape index (κ2) is 4.75. The van der Waals surface area contributed by atoms with Crippen LogP contribution in [0.2, 0.25) is 0 Å². The second-order valence-corrected chi connectivity index (χ2v) is 5.37. The van der Waals surface area contributed by atoms with E-state index in [1.54, 1.807) is 0 Å². The number of hydrogen-bond donors (Lipinski definition) is 1. The van der Waals surface area contributed by atoms with Gasteiger partial charge in [0, 0.05) is 16.5 Å². The normalized spacial score (nSPS) is 22.1. The Morgan fingerprint density at radius 2 is 1.94 bits per heavy atom. The first-order valence-electron chi connectivity index (χ1n) is 5.93. The Kier molecular flexibility index (Phi) is 3.10. The summed E-state index contributed by atoms with van der Waals surface area (Å²) in [6.45, 7) is 0. The van der Waals surface area contributed by atoms with Crippen LogP contribution in [-0.2, 0) is 0 Å². The molecule has 1 N–H and O–H groups in total. The van der Waals surface area contributed by atoms with E-state index in [1.165, 1.54) is 0 Å². The van der Waals surface area contributed by atoms with Gasteiger partial charge in [0.1, 0.15) is 11.9 Å². The van der Waals surface area contributed by atoms with Crippen molar-refractivity contribution in [2.45, 2.75) is 18.6 Å². The highest BCUT2D eigenvalue weighted by Crippen LogP contribution is 2.40. The number of ether oxygens (including phenoxy) is 1. The van der Waals surface area contributed by atoms with E-state index in [0.717, 1.165) is 21.3 Å². The van der Waals surface area contributed by atoms with Crippen LogP contribution in [0.1, 0.15) is 29.8 Å². The summed E-state index contributed by atoms with van der Waals surface area (Å²) in [5, 5.41) is 10.2. The van der Waals surface area contributed by atoms with Gasteiger partial charge in [0.15, 0.2) is 0 Å². The van der Waals surface area contributed by atoms with Gasteiger partial charge in [-0.1, -0.05) is 46.3 Å². The Bertz CT molecular complexity index is 568. The molecule has 0 spiro atoms. The van der Waals surface area contributed by atoms with Crippen molar-refractivity contribution in [2.24, 2.45) is 0 Å². The van der Waals surface area contributed by atoms with Gasteiger partial charge in [0.2, 0.25) is 0 Å². The molecule has 2 atom stereocenters. The summed E-state index contributed by atoms with van der Waals surface area (Å²) in [5.74, 6) is 0.779. The van der Waals surface area contributed by atoms with Gasteiger partial charge in [0.25, 0.3) is 0 Å². The number of rotatable bonds is 1. The number of aliphatic hydroxyl groups excluding tert-OH is 1. The summed E-state index contributed by atoms with van der Waals surface area (Å²) in [7, 11) is 0. The summed E-state index contributed by atoms with van der Waals surface area (Å²) in [6.07, 6.45) is 0.0410. The molecule has 1 heterocycles. The Hall–Kier alpha value is -1.32. The molecule has 2 aromatic rings. The van der Waals surface area contributed by atoms with E-state index < -0.39 is 6.10 Å². The van der Waals surface area contributed by atoms with Gasteiger partial charge in [-0.05, 0) is 23.8 Å². The van der Waals surface area contributed by atoms with Crippen molar-refractivity contribution < 1.29 is 9.84 Å². The summed E-state index contributed by atoms with van der Waals surface area (Å²) in [6, 6.07) is 15.7. The molecule has 0 saturated carbocycles. The third-order valence-corrected chi connectivity index (χ3v) is 3.70. The molecule has 0 fully saturated rings. The van der Waals surface area contributed by atoms with Crippen LogP contribution in [0.3, 0.4) is 0 Å². The minimum absolute atomic E-state index is 0.0904. The Morgan fingerprint density at radius 1 is 1.11 bits per heavy atom. The third kappa shape index (κ3) is 2.16. The molecule has 1 aliphatic rings. The lowest BCUT2D eigenvalue weighted by Crippen LogP contribution is -2.18. The first-order chi connectivity index (χ1) is 8.74. The Morgan fingerprint density at radius 3 is 2.78 bits per heavy atom. The van der Waals surface area contributed by atoms with Crippen LogP contribution < -0.4 is 4.74 Å². The van der Waals surface area contributed by atoms with Crippen molar-refractivity contribution in [2.75, 3.05) is 0 Å². The fraction of sp³-hybridized carbons (Fsp3) is 0.200. The highest BCUT2D eigenvalue weighted by molar-refractivity contribution is 9.10.